The number of carbonyl (C=O) groups excluding carboxylic acids is 2. The third kappa shape index (κ3) is 4.50. The van der Waals surface area contributed by atoms with Crippen LogP contribution in [0.5, 0.6) is 0 Å². The van der Waals surface area contributed by atoms with Gasteiger partial charge in [0.05, 0.1) is 6.61 Å². The number of hydrogen-bond donors (Lipinski definition) is 1. The summed E-state index contributed by atoms with van der Waals surface area (Å²) in [4.78, 5) is 29.8. The molecule has 21 heavy (non-hydrogen) atoms. The molecule has 0 radical (unpaired) electrons. The first-order chi connectivity index (χ1) is 10.1. The van der Waals surface area contributed by atoms with Gasteiger partial charge in [-0.25, -0.2) is 9.78 Å². The average molecular weight is 311 g/mol. The van der Waals surface area contributed by atoms with Crippen LogP contribution in [0.3, 0.4) is 0 Å². The Hall–Kier alpha value is -1.47. The van der Waals surface area contributed by atoms with Crippen molar-refractivity contribution in [2.24, 2.45) is 5.92 Å². The van der Waals surface area contributed by atoms with Crippen molar-refractivity contribution in [1.29, 1.82) is 0 Å². The molecule has 1 aliphatic rings. The molecule has 6 nitrogen and oxygen atoms in total. The maximum Gasteiger partial charge on any atom is 0.367 e. The van der Waals surface area contributed by atoms with E-state index >= 15 is 0 Å². The number of likely N-dealkylation sites (tertiary alicyclic amines) is 1. The van der Waals surface area contributed by atoms with E-state index in [1.165, 1.54) is 0 Å². The Balaban J connectivity index is 1.82. The molecule has 0 unspecified atom stereocenters. The number of nitrogens with zero attached hydrogens (tertiary/aromatic N) is 2. The first-order valence-electron chi connectivity index (χ1n) is 7.19. The van der Waals surface area contributed by atoms with Gasteiger partial charge >= 0.3 is 5.97 Å². The van der Waals surface area contributed by atoms with Crippen LogP contribution in [0.4, 0.5) is 0 Å². The number of carbonyl (C=O) groups is 2. The summed E-state index contributed by atoms with van der Waals surface area (Å²) in [5.41, 5.74) is 0.288. The van der Waals surface area contributed by atoms with Crippen LogP contribution < -0.4 is 5.32 Å². The highest BCUT2D eigenvalue weighted by atomic mass is 32.1. The summed E-state index contributed by atoms with van der Waals surface area (Å²) in [6, 6.07) is 0. The van der Waals surface area contributed by atoms with Gasteiger partial charge in [-0.2, -0.15) is 0 Å². The quantitative estimate of drug-likeness (QED) is 0.832. The van der Waals surface area contributed by atoms with Crippen molar-refractivity contribution in [1.82, 2.24) is 15.2 Å². The maximum absolute atomic E-state index is 12.0. The number of rotatable bonds is 5. The van der Waals surface area contributed by atoms with Crippen LogP contribution in [0.1, 0.15) is 40.1 Å². The van der Waals surface area contributed by atoms with E-state index < -0.39 is 5.97 Å². The van der Waals surface area contributed by atoms with Crippen molar-refractivity contribution in [2.45, 2.75) is 19.8 Å². The lowest BCUT2D eigenvalue weighted by atomic mass is 9.97. The Morgan fingerprint density at radius 3 is 2.86 bits per heavy atom. The van der Waals surface area contributed by atoms with Crippen molar-refractivity contribution in [3.63, 3.8) is 0 Å². The molecule has 1 aromatic heterocycles. The summed E-state index contributed by atoms with van der Waals surface area (Å²) in [6.45, 7) is 4.85. The Morgan fingerprint density at radius 1 is 1.48 bits per heavy atom. The van der Waals surface area contributed by atoms with E-state index in [0.29, 0.717) is 19.1 Å². The van der Waals surface area contributed by atoms with Gasteiger partial charge in [-0.15, -0.1) is 11.3 Å². The van der Waals surface area contributed by atoms with Gasteiger partial charge in [0.2, 0.25) is 5.01 Å². The fraction of sp³-hybridized carbons (Fsp3) is 0.643. The number of hydrogen-bond acceptors (Lipinski definition) is 6. The molecule has 2 rings (SSSR count). The zero-order valence-corrected chi connectivity index (χ0v) is 13.2. The molecular weight excluding hydrogens is 290 g/mol. The summed E-state index contributed by atoms with van der Waals surface area (Å²) in [5, 5.41) is 4.72. The van der Waals surface area contributed by atoms with Crippen LogP contribution in [-0.2, 0) is 4.74 Å². The first-order valence-corrected chi connectivity index (χ1v) is 8.07. The monoisotopic (exact) mass is 311 g/mol. The molecule has 1 N–H and O–H groups in total. The second kappa shape index (κ2) is 7.51. The number of aromatic nitrogens is 1. The number of thiazole rings is 1. The Kier molecular flexibility index (Phi) is 5.69. The van der Waals surface area contributed by atoms with Gasteiger partial charge in [0.25, 0.3) is 5.91 Å². The maximum atomic E-state index is 12.0. The van der Waals surface area contributed by atoms with E-state index in [1.54, 1.807) is 12.3 Å². The van der Waals surface area contributed by atoms with Crippen molar-refractivity contribution < 1.29 is 14.3 Å². The van der Waals surface area contributed by atoms with Gasteiger partial charge in [0, 0.05) is 11.9 Å². The summed E-state index contributed by atoms with van der Waals surface area (Å²) < 4.78 is 4.86. The molecule has 1 aliphatic heterocycles. The minimum Gasteiger partial charge on any atom is -0.461 e. The molecule has 1 aromatic rings. The highest BCUT2D eigenvalue weighted by Gasteiger charge is 2.19. The number of esters is 1. The van der Waals surface area contributed by atoms with Gasteiger partial charge in [-0.3, -0.25) is 4.79 Å². The second-order valence-corrected chi connectivity index (χ2v) is 6.07. The summed E-state index contributed by atoms with van der Waals surface area (Å²) in [5.74, 6) is -0.175. The lowest BCUT2D eigenvalue weighted by Crippen LogP contribution is -2.37. The van der Waals surface area contributed by atoms with Crippen LogP contribution in [0.15, 0.2) is 5.38 Å². The zero-order valence-electron chi connectivity index (χ0n) is 12.4. The summed E-state index contributed by atoms with van der Waals surface area (Å²) >= 11 is 1.13. The molecular formula is C14H21N3O3S. The Morgan fingerprint density at radius 2 is 2.19 bits per heavy atom. The Labute approximate surface area is 128 Å². The molecule has 1 saturated heterocycles. The van der Waals surface area contributed by atoms with E-state index in [-0.39, 0.29) is 16.6 Å². The molecule has 0 bridgehead atoms. The number of ether oxygens (including phenoxy) is 1. The Bertz CT molecular complexity index is 495. The van der Waals surface area contributed by atoms with E-state index in [2.05, 4.69) is 22.2 Å². The zero-order chi connectivity index (χ0) is 15.2. The molecule has 1 amide bonds. The topological polar surface area (TPSA) is 71.5 Å². The molecule has 0 saturated carbocycles. The summed E-state index contributed by atoms with van der Waals surface area (Å²) in [6.07, 6.45) is 2.20. The first kappa shape index (κ1) is 15.9. The highest BCUT2D eigenvalue weighted by molar-refractivity contribution is 7.11. The van der Waals surface area contributed by atoms with Crippen molar-refractivity contribution in [3.8, 4) is 0 Å². The number of piperidine rings is 1. The molecule has 0 aromatic carbocycles. The van der Waals surface area contributed by atoms with E-state index in [4.69, 9.17) is 4.74 Å². The molecule has 0 spiro atoms. The van der Waals surface area contributed by atoms with Gasteiger partial charge in [0.15, 0.2) is 0 Å². The second-order valence-electron chi connectivity index (χ2n) is 5.22. The molecule has 116 valence electrons. The van der Waals surface area contributed by atoms with Gasteiger partial charge in [-0.05, 0) is 45.8 Å². The van der Waals surface area contributed by atoms with Crippen molar-refractivity contribution in [3.05, 3.63) is 16.1 Å². The van der Waals surface area contributed by atoms with Gasteiger partial charge < -0.3 is 15.0 Å². The molecule has 0 aliphatic carbocycles. The van der Waals surface area contributed by atoms with Crippen molar-refractivity contribution >= 4 is 23.2 Å². The van der Waals surface area contributed by atoms with Gasteiger partial charge in [-0.1, -0.05) is 0 Å². The largest absolute Gasteiger partial charge is 0.461 e. The predicted molar refractivity (Wildman–Crippen MR) is 80.6 cm³/mol. The minimum atomic E-state index is -0.475. The molecule has 1 fully saturated rings. The number of amides is 1. The van der Waals surface area contributed by atoms with Crippen molar-refractivity contribution in [2.75, 3.05) is 33.3 Å². The molecule has 2 heterocycles. The van der Waals surface area contributed by atoms with E-state index in [1.807, 2.05) is 0 Å². The van der Waals surface area contributed by atoms with Crippen LogP contribution in [0.25, 0.3) is 0 Å². The standard InChI is InChI=1S/C14H21N3O3S/c1-3-20-14(19)13-16-11(9-21-13)12(18)15-8-10-4-6-17(2)7-5-10/h9-10H,3-8H2,1-2H3,(H,15,18). The molecule has 0 atom stereocenters. The predicted octanol–water partition coefficient (Wildman–Crippen LogP) is 1.39. The van der Waals surface area contributed by atoms with Crippen LogP contribution in [-0.4, -0.2) is 55.0 Å². The third-order valence-corrected chi connectivity index (χ3v) is 4.40. The lowest BCUT2D eigenvalue weighted by Gasteiger charge is -2.28. The lowest BCUT2D eigenvalue weighted by molar-refractivity contribution is 0.0526. The SMILES string of the molecule is CCOC(=O)c1nc(C(=O)NCC2CCN(C)CC2)cs1. The van der Waals surface area contributed by atoms with Gasteiger partial charge in [0.1, 0.15) is 5.69 Å². The highest BCUT2D eigenvalue weighted by Crippen LogP contribution is 2.15. The molecule has 7 heteroatoms. The third-order valence-electron chi connectivity index (χ3n) is 3.58. The summed E-state index contributed by atoms with van der Waals surface area (Å²) in [7, 11) is 2.11. The van der Waals surface area contributed by atoms with Crippen LogP contribution in [0, 0.1) is 5.92 Å². The van der Waals surface area contributed by atoms with Crippen LogP contribution in [0.2, 0.25) is 0 Å². The minimum absolute atomic E-state index is 0.222. The average Bonchev–Trinajstić information content (AvgIpc) is 2.96. The van der Waals surface area contributed by atoms with E-state index in [9.17, 15) is 9.59 Å². The number of nitrogens with one attached hydrogen (secondary N) is 1. The van der Waals surface area contributed by atoms with Crippen LogP contribution >= 0.6 is 11.3 Å². The van der Waals surface area contributed by atoms with E-state index in [0.717, 1.165) is 37.3 Å². The smallest absolute Gasteiger partial charge is 0.367 e. The fourth-order valence-corrected chi connectivity index (χ4v) is 2.95. The fourth-order valence-electron chi connectivity index (χ4n) is 2.26. The normalized spacial score (nSPS) is 16.7.